The van der Waals surface area contributed by atoms with Gasteiger partial charge in [-0.3, -0.25) is 0 Å². The summed E-state index contributed by atoms with van der Waals surface area (Å²) in [6, 6.07) is 14.8. The van der Waals surface area contributed by atoms with Crippen molar-refractivity contribution >= 4 is 11.6 Å². The Labute approximate surface area is 143 Å². The summed E-state index contributed by atoms with van der Waals surface area (Å²) in [5.41, 5.74) is 4.90. The lowest BCUT2D eigenvalue weighted by Crippen LogP contribution is -2.19. The van der Waals surface area contributed by atoms with Gasteiger partial charge in [0.2, 0.25) is 0 Å². The van der Waals surface area contributed by atoms with Crippen LogP contribution in [0.4, 0.5) is 0 Å². The summed E-state index contributed by atoms with van der Waals surface area (Å²) in [4.78, 5) is 0. The van der Waals surface area contributed by atoms with Gasteiger partial charge in [0.15, 0.2) is 0 Å². The highest BCUT2D eigenvalue weighted by molar-refractivity contribution is 6.18. The molecule has 0 radical (unpaired) electrons. The van der Waals surface area contributed by atoms with Gasteiger partial charge in [0.1, 0.15) is 18.4 Å². The van der Waals surface area contributed by atoms with E-state index in [1.807, 2.05) is 13.0 Å². The summed E-state index contributed by atoms with van der Waals surface area (Å²) in [7, 11) is 0. The number of benzene rings is 2. The van der Waals surface area contributed by atoms with Gasteiger partial charge in [-0.05, 0) is 36.6 Å². The van der Waals surface area contributed by atoms with E-state index >= 15 is 0 Å². The minimum atomic E-state index is -0.185. The number of nitrogens with zero attached hydrogens (tertiary/aromatic N) is 1. The molecule has 0 bridgehead atoms. The van der Waals surface area contributed by atoms with Crippen molar-refractivity contribution in [3.63, 3.8) is 0 Å². The molecule has 2 aromatic carbocycles. The maximum Gasteiger partial charge on any atom is 0.140 e. The van der Waals surface area contributed by atoms with Crippen molar-refractivity contribution in [3.05, 3.63) is 64.2 Å². The molecule has 0 aliphatic carbocycles. The fourth-order valence-electron chi connectivity index (χ4n) is 2.69. The molecule has 2 aromatic rings. The minimum Gasteiger partial charge on any atom is -0.491 e. The molecule has 0 spiro atoms. The normalized spacial score (nSPS) is 11.1. The van der Waals surface area contributed by atoms with Crippen LogP contribution in [0.3, 0.4) is 0 Å². The minimum absolute atomic E-state index is 0.185. The standard InChI is InChI=1S/C20H22ClNO/c1-14-5-7-17(8-6-14)20(3,4)18-11-15(2)19(23-10-9-21)16(12-18)13-22/h5-8,11-12H,9-10H2,1-4H3. The van der Waals surface area contributed by atoms with E-state index in [0.29, 0.717) is 23.8 Å². The van der Waals surface area contributed by atoms with E-state index in [0.717, 1.165) is 11.1 Å². The molecular weight excluding hydrogens is 306 g/mol. The Bertz CT molecular complexity index is 727. The number of halogens is 1. The summed E-state index contributed by atoms with van der Waals surface area (Å²) in [6.45, 7) is 8.80. The lowest BCUT2D eigenvalue weighted by molar-refractivity contribution is 0.339. The summed E-state index contributed by atoms with van der Waals surface area (Å²) in [5, 5.41) is 9.48. The fraction of sp³-hybridized carbons (Fsp3) is 0.350. The van der Waals surface area contributed by atoms with Gasteiger partial charge in [-0.2, -0.15) is 5.26 Å². The Morgan fingerprint density at radius 2 is 1.74 bits per heavy atom. The lowest BCUT2D eigenvalue weighted by atomic mass is 9.77. The number of hydrogen-bond acceptors (Lipinski definition) is 2. The average molecular weight is 328 g/mol. The van der Waals surface area contributed by atoms with Crippen LogP contribution in [-0.4, -0.2) is 12.5 Å². The Balaban J connectivity index is 2.49. The molecule has 0 fully saturated rings. The number of aryl methyl sites for hydroxylation is 2. The molecule has 0 aliphatic rings. The number of hydrogen-bond donors (Lipinski definition) is 0. The summed E-state index contributed by atoms with van der Waals surface area (Å²) >= 11 is 5.69. The molecule has 2 rings (SSSR count). The number of rotatable bonds is 5. The summed E-state index contributed by atoms with van der Waals surface area (Å²) < 4.78 is 5.64. The zero-order chi connectivity index (χ0) is 17.0. The van der Waals surface area contributed by atoms with Crippen molar-refractivity contribution in [3.8, 4) is 11.8 Å². The van der Waals surface area contributed by atoms with Crippen LogP contribution in [0.15, 0.2) is 36.4 Å². The maximum absolute atomic E-state index is 9.48. The maximum atomic E-state index is 9.48. The molecule has 0 N–H and O–H groups in total. The fourth-order valence-corrected chi connectivity index (χ4v) is 2.76. The zero-order valence-corrected chi connectivity index (χ0v) is 14.9. The SMILES string of the molecule is Cc1ccc(C(C)(C)c2cc(C)c(OCCCl)c(C#N)c2)cc1. The molecule has 0 saturated carbocycles. The molecule has 0 saturated heterocycles. The van der Waals surface area contributed by atoms with Gasteiger partial charge in [0.05, 0.1) is 11.4 Å². The largest absolute Gasteiger partial charge is 0.491 e. The Kier molecular flexibility index (Phi) is 5.34. The van der Waals surface area contributed by atoms with Crippen LogP contribution < -0.4 is 4.74 Å². The van der Waals surface area contributed by atoms with Crippen LogP contribution in [-0.2, 0) is 5.41 Å². The van der Waals surface area contributed by atoms with Gasteiger partial charge < -0.3 is 4.74 Å². The number of alkyl halides is 1. The highest BCUT2D eigenvalue weighted by Gasteiger charge is 2.25. The Morgan fingerprint density at radius 1 is 1.09 bits per heavy atom. The highest BCUT2D eigenvalue weighted by atomic mass is 35.5. The first-order valence-electron chi connectivity index (χ1n) is 7.71. The van der Waals surface area contributed by atoms with Gasteiger partial charge in [0.25, 0.3) is 0 Å². The zero-order valence-electron chi connectivity index (χ0n) is 14.1. The first-order valence-corrected chi connectivity index (χ1v) is 8.24. The first-order chi connectivity index (χ1) is 10.9. The van der Waals surface area contributed by atoms with Crippen molar-refractivity contribution < 1.29 is 4.74 Å². The van der Waals surface area contributed by atoms with Crippen molar-refractivity contribution in [2.45, 2.75) is 33.1 Å². The highest BCUT2D eigenvalue weighted by Crippen LogP contribution is 2.36. The van der Waals surface area contributed by atoms with Gasteiger partial charge in [-0.15, -0.1) is 11.6 Å². The molecule has 23 heavy (non-hydrogen) atoms. The third-order valence-corrected chi connectivity index (χ3v) is 4.37. The van der Waals surface area contributed by atoms with E-state index in [9.17, 15) is 5.26 Å². The lowest BCUT2D eigenvalue weighted by Gasteiger charge is -2.27. The molecule has 3 heteroatoms. The van der Waals surface area contributed by atoms with Crippen molar-refractivity contribution in [1.29, 1.82) is 5.26 Å². The van der Waals surface area contributed by atoms with E-state index in [4.69, 9.17) is 16.3 Å². The molecule has 0 unspecified atom stereocenters. The molecule has 0 atom stereocenters. The average Bonchev–Trinajstić information content (AvgIpc) is 2.53. The van der Waals surface area contributed by atoms with Crippen LogP contribution in [0.2, 0.25) is 0 Å². The van der Waals surface area contributed by atoms with Gasteiger partial charge in [-0.1, -0.05) is 49.7 Å². The Hall–Kier alpha value is -1.98. The van der Waals surface area contributed by atoms with Gasteiger partial charge >= 0.3 is 0 Å². The molecular formula is C20H22ClNO. The van der Waals surface area contributed by atoms with E-state index in [1.54, 1.807) is 0 Å². The topological polar surface area (TPSA) is 33.0 Å². The predicted molar refractivity (Wildman–Crippen MR) is 95.4 cm³/mol. The van der Waals surface area contributed by atoms with E-state index in [1.165, 1.54) is 11.1 Å². The van der Waals surface area contributed by atoms with Crippen LogP contribution in [0.25, 0.3) is 0 Å². The van der Waals surface area contributed by atoms with E-state index < -0.39 is 0 Å². The predicted octanol–water partition coefficient (Wildman–Crippen LogP) is 5.12. The third kappa shape index (κ3) is 3.68. The molecule has 0 amide bonds. The van der Waals surface area contributed by atoms with Gasteiger partial charge in [0, 0.05) is 5.41 Å². The molecule has 0 heterocycles. The third-order valence-electron chi connectivity index (χ3n) is 4.21. The summed E-state index contributed by atoms with van der Waals surface area (Å²) in [5.74, 6) is 1.04. The first kappa shape index (κ1) is 17.4. The van der Waals surface area contributed by atoms with Crippen LogP contribution in [0, 0.1) is 25.2 Å². The van der Waals surface area contributed by atoms with Crippen molar-refractivity contribution in [2.75, 3.05) is 12.5 Å². The Morgan fingerprint density at radius 3 is 2.30 bits per heavy atom. The number of ether oxygens (including phenoxy) is 1. The number of nitriles is 1. The second-order valence-electron chi connectivity index (χ2n) is 6.31. The van der Waals surface area contributed by atoms with Gasteiger partial charge in [-0.25, -0.2) is 0 Å². The van der Waals surface area contributed by atoms with Crippen LogP contribution in [0.1, 0.15) is 41.7 Å². The van der Waals surface area contributed by atoms with Crippen LogP contribution in [0.5, 0.6) is 5.75 Å². The molecule has 0 aliphatic heterocycles. The quantitative estimate of drug-likeness (QED) is 0.714. The van der Waals surface area contributed by atoms with E-state index in [2.05, 4.69) is 57.2 Å². The summed E-state index contributed by atoms with van der Waals surface area (Å²) in [6.07, 6.45) is 0. The van der Waals surface area contributed by atoms with Crippen molar-refractivity contribution in [1.82, 2.24) is 0 Å². The molecule has 120 valence electrons. The molecule has 2 nitrogen and oxygen atoms in total. The van der Waals surface area contributed by atoms with Crippen molar-refractivity contribution in [2.24, 2.45) is 0 Å². The monoisotopic (exact) mass is 327 g/mol. The second kappa shape index (κ2) is 7.06. The molecule has 0 aromatic heterocycles. The van der Waals surface area contributed by atoms with Crippen LogP contribution >= 0.6 is 11.6 Å². The van der Waals surface area contributed by atoms with E-state index in [-0.39, 0.29) is 5.41 Å². The second-order valence-corrected chi connectivity index (χ2v) is 6.69. The smallest absolute Gasteiger partial charge is 0.140 e.